The van der Waals surface area contributed by atoms with Gasteiger partial charge in [-0.3, -0.25) is 0 Å². The Morgan fingerprint density at radius 3 is 2.20 bits per heavy atom. The van der Waals surface area contributed by atoms with Crippen LogP contribution in [-0.4, -0.2) is 53.6 Å². The Hall–Kier alpha value is -0.200. The lowest BCUT2D eigenvalue weighted by Gasteiger charge is -2.26. The van der Waals surface area contributed by atoms with Gasteiger partial charge in [0.2, 0.25) is 0 Å². The molecule has 0 heterocycles. The highest BCUT2D eigenvalue weighted by molar-refractivity contribution is 4.75. The highest BCUT2D eigenvalue weighted by atomic mass is 16.6. The van der Waals surface area contributed by atoms with Crippen molar-refractivity contribution in [1.82, 2.24) is 0 Å². The summed E-state index contributed by atoms with van der Waals surface area (Å²) in [6.45, 7) is 3.96. The van der Waals surface area contributed by atoms with Crippen molar-refractivity contribution in [2.75, 3.05) is 13.7 Å². The number of aliphatic hydroxyl groups excluding tert-OH is 3. The molecule has 0 spiro atoms. The van der Waals surface area contributed by atoms with Gasteiger partial charge in [-0.2, -0.15) is 0 Å². The van der Waals surface area contributed by atoms with E-state index in [1.807, 2.05) is 6.92 Å². The van der Waals surface area contributed by atoms with Crippen LogP contribution in [0.4, 0.5) is 0 Å². The van der Waals surface area contributed by atoms with E-state index < -0.39 is 24.6 Å². The third-order valence-electron chi connectivity index (χ3n) is 2.28. The SMILES string of the molecule is CCCCO[C@@H](O)C(O)C(O)C(C)OC. The summed E-state index contributed by atoms with van der Waals surface area (Å²) < 4.78 is 9.78. The first kappa shape index (κ1) is 14.8. The van der Waals surface area contributed by atoms with Gasteiger partial charge in [0, 0.05) is 13.7 Å². The zero-order valence-electron chi connectivity index (χ0n) is 9.59. The summed E-state index contributed by atoms with van der Waals surface area (Å²) in [4.78, 5) is 0. The molecular formula is C10H22O5. The molecule has 0 radical (unpaired) electrons. The van der Waals surface area contributed by atoms with Gasteiger partial charge < -0.3 is 24.8 Å². The minimum Gasteiger partial charge on any atom is -0.388 e. The van der Waals surface area contributed by atoms with Crippen LogP contribution in [0.5, 0.6) is 0 Å². The van der Waals surface area contributed by atoms with E-state index >= 15 is 0 Å². The topological polar surface area (TPSA) is 79.2 Å². The molecule has 92 valence electrons. The van der Waals surface area contributed by atoms with Crippen molar-refractivity contribution in [2.45, 2.75) is 51.3 Å². The van der Waals surface area contributed by atoms with Crippen LogP contribution in [0.2, 0.25) is 0 Å². The lowest BCUT2D eigenvalue weighted by Crippen LogP contribution is -2.45. The van der Waals surface area contributed by atoms with Gasteiger partial charge in [0.05, 0.1) is 6.10 Å². The molecule has 4 atom stereocenters. The zero-order chi connectivity index (χ0) is 11.8. The Morgan fingerprint density at radius 1 is 1.13 bits per heavy atom. The van der Waals surface area contributed by atoms with Crippen LogP contribution >= 0.6 is 0 Å². The van der Waals surface area contributed by atoms with Gasteiger partial charge in [0.15, 0.2) is 6.29 Å². The summed E-state index contributed by atoms with van der Waals surface area (Å²) in [5, 5.41) is 28.4. The average molecular weight is 222 g/mol. The molecular weight excluding hydrogens is 200 g/mol. The third kappa shape index (κ3) is 5.44. The van der Waals surface area contributed by atoms with Gasteiger partial charge in [-0.1, -0.05) is 13.3 Å². The van der Waals surface area contributed by atoms with Crippen LogP contribution in [0, 0.1) is 0 Å². The number of unbranched alkanes of at least 4 members (excludes halogenated alkanes) is 1. The molecule has 0 aromatic carbocycles. The monoisotopic (exact) mass is 222 g/mol. The van der Waals surface area contributed by atoms with Crippen LogP contribution in [0.3, 0.4) is 0 Å². The fraction of sp³-hybridized carbons (Fsp3) is 1.00. The van der Waals surface area contributed by atoms with Crippen molar-refractivity contribution in [3.63, 3.8) is 0 Å². The lowest BCUT2D eigenvalue weighted by atomic mass is 10.1. The maximum atomic E-state index is 9.50. The number of ether oxygens (including phenoxy) is 2. The number of aliphatic hydroxyl groups is 3. The Bertz CT molecular complexity index is 153. The zero-order valence-corrected chi connectivity index (χ0v) is 9.59. The number of hydrogen-bond donors (Lipinski definition) is 3. The number of rotatable bonds is 8. The minimum atomic E-state index is -1.37. The molecule has 0 bridgehead atoms. The molecule has 0 rings (SSSR count). The van der Waals surface area contributed by atoms with E-state index in [-0.39, 0.29) is 0 Å². The number of methoxy groups -OCH3 is 1. The molecule has 0 saturated carbocycles. The van der Waals surface area contributed by atoms with Crippen LogP contribution < -0.4 is 0 Å². The fourth-order valence-corrected chi connectivity index (χ4v) is 1.03. The lowest BCUT2D eigenvalue weighted by molar-refractivity contribution is -0.202. The summed E-state index contributed by atoms with van der Waals surface area (Å²) >= 11 is 0. The molecule has 0 aliphatic rings. The molecule has 5 heteroatoms. The first-order valence-electron chi connectivity index (χ1n) is 5.23. The minimum absolute atomic E-state index is 0.364. The summed E-state index contributed by atoms with van der Waals surface area (Å²) in [5.74, 6) is 0. The van der Waals surface area contributed by atoms with Crippen molar-refractivity contribution in [3.8, 4) is 0 Å². The quantitative estimate of drug-likeness (QED) is 0.394. The van der Waals surface area contributed by atoms with Gasteiger partial charge in [-0.15, -0.1) is 0 Å². The maximum absolute atomic E-state index is 9.50. The third-order valence-corrected chi connectivity index (χ3v) is 2.28. The Kier molecular flexibility index (Phi) is 7.90. The van der Waals surface area contributed by atoms with Crippen molar-refractivity contribution in [3.05, 3.63) is 0 Å². The van der Waals surface area contributed by atoms with Gasteiger partial charge in [-0.25, -0.2) is 0 Å². The van der Waals surface area contributed by atoms with Crippen LogP contribution in [0.25, 0.3) is 0 Å². The molecule has 3 N–H and O–H groups in total. The smallest absolute Gasteiger partial charge is 0.183 e. The first-order chi connectivity index (χ1) is 7.04. The maximum Gasteiger partial charge on any atom is 0.183 e. The molecule has 0 aliphatic heterocycles. The van der Waals surface area contributed by atoms with Gasteiger partial charge in [0.1, 0.15) is 12.2 Å². The largest absolute Gasteiger partial charge is 0.388 e. The van der Waals surface area contributed by atoms with E-state index in [0.29, 0.717) is 6.61 Å². The highest BCUT2D eigenvalue weighted by Gasteiger charge is 2.29. The molecule has 15 heavy (non-hydrogen) atoms. The van der Waals surface area contributed by atoms with E-state index in [1.54, 1.807) is 6.92 Å². The second-order valence-electron chi connectivity index (χ2n) is 3.54. The molecule has 0 aliphatic carbocycles. The van der Waals surface area contributed by atoms with Crippen LogP contribution in [0.1, 0.15) is 26.7 Å². The van der Waals surface area contributed by atoms with Gasteiger partial charge in [0.25, 0.3) is 0 Å². The number of hydrogen-bond acceptors (Lipinski definition) is 5. The van der Waals surface area contributed by atoms with Crippen molar-refractivity contribution < 1.29 is 24.8 Å². The average Bonchev–Trinajstić information content (AvgIpc) is 2.26. The standard InChI is InChI=1S/C10H22O5/c1-4-5-6-15-10(13)9(12)8(11)7(2)14-3/h7-13H,4-6H2,1-3H3/t7?,8?,9?,10-/m1/s1. The van der Waals surface area contributed by atoms with E-state index in [0.717, 1.165) is 12.8 Å². The first-order valence-corrected chi connectivity index (χ1v) is 5.23. The normalized spacial score (nSPS) is 19.6. The van der Waals surface area contributed by atoms with Crippen LogP contribution in [-0.2, 0) is 9.47 Å². The summed E-state index contributed by atoms with van der Waals surface area (Å²) in [6, 6.07) is 0. The van der Waals surface area contributed by atoms with Gasteiger partial charge >= 0.3 is 0 Å². The van der Waals surface area contributed by atoms with Crippen molar-refractivity contribution in [1.29, 1.82) is 0 Å². The van der Waals surface area contributed by atoms with Crippen molar-refractivity contribution >= 4 is 0 Å². The Labute approximate surface area is 90.6 Å². The molecule has 0 fully saturated rings. The van der Waals surface area contributed by atoms with E-state index in [2.05, 4.69) is 0 Å². The molecule has 5 nitrogen and oxygen atoms in total. The van der Waals surface area contributed by atoms with E-state index in [4.69, 9.17) is 9.47 Å². The Balaban J connectivity index is 3.90. The summed E-state index contributed by atoms with van der Waals surface area (Å²) in [6.07, 6.45) is -2.68. The predicted molar refractivity (Wildman–Crippen MR) is 55.4 cm³/mol. The fourth-order valence-electron chi connectivity index (χ4n) is 1.03. The molecule has 0 saturated heterocycles. The summed E-state index contributed by atoms with van der Waals surface area (Å²) in [5.41, 5.74) is 0. The molecule has 0 aromatic rings. The second kappa shape index (κ2) is 8.01. The molecule has 0 amide bonds. The molecule has 0 aromatic heterocycles. The molecule has 3 unspecified atom stereocenters. The van der Waals surface area contributed by atoms with Crippen molar-refractivity contribution in [2.24, 2.45) is 0 Å². The highest BCUT2D eigenvalue weighted by Crippen LogP contribution is 2.08. The van der Waals surface area contributed by atoms with E-state index in [9.17, 15) is 15.3 Å². The van der Waals surface area contributed by atoms with Crippen LogP contribution in [0.15, 0.2) is 0 Å². The summed E-state index contributed by atoms with van der Waals surface area (Å²) in [7, 11) is 1.42. The van der Waals surface area contributed by atoms with E-state index in [1.165, 1.54) is 7.11 Å². The second-order valence-corrected chi connectivity index (χ2v) is 3.54. The predicted octanol–water partition coefficient (Wildman–Crippen LogP) is -0.122. The van der Waals surface area contributed by atoms with Gasteiger partial charge in [-0.05, 0) is 13.3 Å². The Morgan fingerprint density at radius 2 is 1.73 bits per heavy atom.